The van der Waals surface area contributed by atoms with Gasteiger partial charge in [0.15, 0.2) is 0 Å². The molecule has 1 amide bonds. The van der Waals surface area contributed by atoms with Crippen LogP contribution in [0.25, 0.3) is 11.1 Å². The number of halogens is 3. The summed E-state index contributed by atoms with van der Waals surface area (Å²) in [6, 6.07) is 6.60. The number of amides is 1. The Morgan fingerprint density at radius 1 is 1.08 bits per heavy atom. The van der Waals surface area contributed by atoms with Crippen molar-refractivity contribution in [2.24, 2.45) is 0 Å². The van der Waals surface area contributed by atoms with Crippen LogP contribution < -0.4 is 5.32 Å². The minimum absolute atomic E-state index is 0.155. The van der Waals surface area contributed by atoms with Crippen molar-refractivity contribution in [2.45, 2.75) is 6.18 Å². The zero-order chi connectivity index (χ0) is 17.2. The van der Waals surface area contributed by atoms with Gasteiger partial charge < -0.3 is 10.2 Å². The highest BCUT2D eigenvalue weighted by molar-refractivity contribution is 5.95. The minimum atomic E-state index is -4.41. The lowest BCUT2D eigenvalue weighted by atomic mass is 10.0. The molecule has 24 heavy (non-hydrogen) atoms. The molecule has 4 nitrogen and oxygen atoms in total. The van der Waals surface area contributed by atoms with Crippen molar-refractivity contribution in [3.05, 3.63) is 53.9 Å². The van der Waals surface area contributed by atoms with Gasteiger partial charge in [0, 0.05) is 44.1 Å². The second-order valence-electron chi connectivity index (χ2n) is 5.58. The van der Waals surface area contributed by atoms with Crippen LogP contribution in [0.4, 0.5) is 13.2 Å². The van der Waals surface area contributed by atoms with Crippen LogP contribution in [0.15, 0.2) is 42.7 Å². The lowest BCUT2D eigenvalue weighted by Gasteiger charge is -2.27. The fraction of sp³-hybridized carbons (Fsp3) is 0.294. The second-order valence-corrected chi connectivity index (χ2v) is 5.58. The lowest BCUT2D eigenvalue weighted by Crippen LogP contribution is -2.46. The molecule has 1 saturated heterocycles. The van der Waals surface area contributed by atoms with E-state index in [4.69, 9.17) is 0 Å². The van der Waals surface area contributed by atoms with Gasteiger partial charge in [-0.1, -0.05) is 12.1 Å². The molecule has 0 bridgehead atoms. The largest absolute Gasteiger partial charge is 0.416 e. The Hall–Kier alpha value is -2.41. The molecule has 0 spiro atoms. The van der Waals surface area contributed by atoms with E-state index in [2.05, 4.69) is 10.3 Å². The Balaban J connectivity index is 1.89. The van der Waals surface area contributed by atoms with Crippen LogP contribution in [0.1, 0.15) is 15.9 Å². The normalized spacial score (nSPS) is 15.4. The van der Waals surface area contributed by atoms with Crippen LogP contribution in [0.2, 0.25) is 0 Å². The van der Waals surface area contributed by atoms with E-state index in [0.29, 0.717) is 29.8 Å². The van der Waals surface area contributed by atoms with E-state index < -0.39 is 11.7 Å². The summed E-state index contributed by atoms with van der Waals surface area (Å²) < 4.78 is 38.6. The Labute approximate surface area is 137 Å². The molecule has 1 aromatic carbocycles. The van der Waals surface area contributed by atoms with Crippen LogP contribution in [0, 0.1) is 0 Å². The second kappa shape index (κ2) is 6.60. The summed E-state index contributed by atoms with van der Waals surface area (Å²) >= 11 is 0. The third-order valence-corrected chi connectivity index (χ3v) is 3.91. The first-order valence-electron chi connectivity index (χ1n) is 7.58. The Morgan fingerprint density at radius 3 is 2.54 bits per heavy atom. The molecule has 2 aromatic rings. The van der Waals surface area contributed by atoms with Gasteiger partial charge in [-0.15, -0.1) is 0 Å². The third kappa shape index (κ3) is 3.56. The van der Waals surface area contributed by atoms with Crippen LogP contribution in [0.5, 0.6) is 0 Å². The molecule has 1 aliphatic heterocycles. The van der Waals surface area contributed by atoms with E-state index >= 15 is 0 Å². The number of carbonyl (C=O) groups is 1. The number of benzene rings is 1. The van der Waals surface area contributed by atoms with Crippen molar-refractivity contribution in [2.75, 3.05) is 26.2 Å². The van der Waals surface area contributed by atoms with Gasteiger partial charge in [0.1, 0.15) is 0 Å². The molecule has 0 saturated carbocycles. The molecule has 2 heterocycles. The number of hydrogen-bond donors (Lipinski definition) is 1. The van der Waals surface area contributed by atoms with E-state index in [1.54, 1.807) is 17.0 Å². The summed E-state index contributed by atoms with van der Waals surface area (Å²) in [5.74, 6) is -0.155. The van der Waals surface area contributed by atoms with Crippen LogP contribution in [-0.2, 0) is 6.18 Å². The number of pyridine rings is 1. The molecule has 0 atom stereocenters. The number of alkyl halides is 3. The molecule has 0 aliphatic carbocycles. The quantitative estimate of drug-likeness (QED) is 0.918. The van der Waals surface area contributed by atoms with Gasteiger partial charge in [0.05, 0.1) is 11.1 Å². The molecular weight excluding hydrogens is 319 g/mol. The van der Waals surface area contributed by atoms with E-state index in [9.17, 15) is 18.0 Å². The number of aromatic nitrogens is 1. The summed E-state index contributed by atoms with van der Waals surface area (Å²) in [5.41, 5.74) is 0.528. The maximum absolute atomic E-state index is 12.9. The summed E-state index contributed by atoms with van der Waals surface area (Å²) in [6.45, 7) is 2.66. The van der Waals surface area contributed by atoms with Crippen LogP contribution in [0.3, 0.4) is 0 Å². The molecule has 1 aromatic heterocycles. The first-order chi connectivity index (χ1) is 11.4. The predicted octanol–water partition coefficient (Wildman–Crippen LogP) is 2.81. The number of nitrogens with one attached hydrogen (secondary N) is 1. The van der Waals surface area contributed by atoms with Gasteiger partial charge in [-0.05, 0) is 23.8 Å². The standard InChI is InChI=1S/C17H16F3N3O/c18-17(19,20)15-3-1-2-12(9-15)13-8-14(11-22-10-13)16(24)23-6-4-21-5-7-23/h1-3,8-11,21H,4-7H2. The molecule has 0 radical (unpaired) electrons. The molecule has 126 valence electrons. The Bertz CT molecular complexity index is 740. The summed E-state index contributed by atoms with van der Waals surface area (Å²) in [4.78, 5) is 18.2. The van der Waals surface area contributed by atoms with Crippen molar-refractivity contribution in [1.82, 2.24) is 15.2 Å². The first kappa shape index (κ1) is 16.4. The number of hydrogen-bond acceptors (Lipinski definition) is 3. The number of rotatable bonds is 2. The summed E-state index contributed by atoms with van der Waals surface area (Å²) in [5, 5.41) is 3.16. The van der Waals surface area contributed by atoms with Gasteiger partial charge >= 0.3 is 6.18 Å². The number of nitrogens with zero attached hydrogens (tertiary/aromatic N) is 2. The van der Waals surface area contributed by atoms with Crippen molar-refractivity contribution >= 4 is 5.91 Å². The maximum atomic E-state index is 12.9. The Kier molecular flexibility index (Phi) is 4.53. The fourth-order valence-corrected chi connectivity index (χ4v) is 2.64. The van der Waals surface area contributed by atoms with Gasteiger partial charge in [-0.2, -0.15) is 13.2 Å². The van der Waals surface area contributed by atoms with E-state index in [0.717, 1.165) is 25.2 Å². The maximum Gasteiger partial charge on any atom is 0.416 e. The molecule has 1 aliphatic rings. The highest BCUT2D eigenvalue weighted by Gasteiger charge is 2.30. The van der Waals surface area contributed by atoms with E-state index in [-0.39, 0.29) is 5.91 Å². The van der Waals surface area contributed by atoms with Crippen molar-refractivity contribution in [1.29, 1.82) is 0 Å². The van der Waals surface area contributed by atoms with Gasteiger partial charge in [0.25, 0.3) is 5.91 Å². The minimum Gasteiger partial charge on any atom is -0.336 e. The fourth-order valence-electron chi connectivity index (χ4n) is 2.64. The summed E-state index contributed by atoms with van der Waals surface area (Å²) in [7, 11) is 0. The van der Waals surface area contributed by atoms with Crippen molar-refractivity contribution < 1.29 is 18.0 Å². The molecule has 3 rings (SSSR count). The summed E-state index contributed by atoms with van der Waals surface area (Å²) in [6.07, 6.45) is -1.50. The van der Waals surface area contributed by atoms with E-state index in [1.165, 1.54) is 18.5 Å². The Morgan fingerprint density at radius 2 is 1.83 bits per heavy atom. The van der Waals surface area contributed by atoms with Gasteiger partial charge in [-0.25, -0.2) is 0 Å². The first-order valence-corrected chi connectivity index (χ1v) is 7.58. The zero-order valence-corrected chi connectivity index (χ0v) is 12.8. The highest BCUT2D eigenvalue weighted by atomic mass is 19.4. The average Bonchev–Trinajstić information content (AvgIpc) is 2.61. The van der Waals surface area contributed by atoms with Crippen LogP contribution >= 0.6 is 0 Å². The zero-order valence-electron chi connectivity index (χ0n) is 12.8. The van der Waals surface area contributed by atoms with Gasteiger partial charge in [-0.3, -0.25) is 9.78 Å². The van der Waals surface area contributed by atoms with Crippen LogP contribution in [-0.4, -0.2) is 42.0 Å². The molecule has 0 unspecified atom stereocenters. The molecule has 1 fully saturated rings. The predicted molar refractivity (Wildman–Crippen MR) is 83.4 cm³/mol. The average molecular weight is 335 g/mol. The van der Waals surface area contributed by atoms with Gasteiger partial charge in [0.2, 0.25) is 0 Å². The smallest absolute Gasteiger partial charge is 0.336 e. The molecular formula is C17H16F3N3O. The third-order valence-electron chi connectivity index (χ3n) is 3.91. The number of piperazine rings is 1. The molecule has 1 N–H and O–H groups in total. The topological polar surface area (TPSA) is 45.2 Å². The molecule has 7 heteroatoms. The highest BCUT2D eigenvalue weighted by Crippen LogP contribution is 2.32. The van der Waals surface area contributed by atoms with Crippen molar-refractivity contribution in [3.63, 3.8) is 0 Å². The lowest BCUT2D eigenvalue weighted by molar-refractivity contribution is -0.137. The van der Waals surface area contributed by atoms with E-state index in [1.807, 2.05) is 0 Å². The van der Waals surface area contributed by atoms with Crippen molar-refractivity contribution in [3.8, 4) is 11.1 Å². The number of carbonyl (C=O) groups excluding carboxylic acids is 1. The monoisotopic (exact) mass is 335 g/mol. The SMILES string of the molecule is O=C(c1cncc(-c2cccc(C(F)(F)F)c2)c1)N1CCNCC1.